The Kier molecular flexibility index (Phi) is 2.93. The Labute approximate surface area is 142 Å². The number of rotatable bonds is 2. The predicted octanol–water partition coefficient (Wildman–Crippen LogP) is 4.35. The molecule has 0 aliphatic rings. The second-order valence-electron chi connectivity index (χ2n) is 6.12. The van der Waals surface area contributed by atoms with Crippen molar-refractivity contribution in [1.29, 1.82) is 0 Å². The standard InChI is InChI=1S/C20H12BNO3/c23-21(22-24)16-10-11-18-20-14(7-3-8-15(16)20)13-6-1-4-12-5-2-9-17(25-18)19(12)13/h1-11,23H. The van der Waals surface area contributed by atoms with Gasteiger partial charge in [-0.3, -0.25) is 0 Å². The molecule has 0 fully saturated rings. The fourth-order valence-corrected chi connectivity index (χ4v) is 3.72. The van der Waals surface area contributed by atoms with Gasteiger partial charge in [0.25, 0.3) is 0 Å². The van der Waals surface area contributed by atoms with Crippen molar-refractivity contribution in [2.75, 3.05) is 0 Å². The van der Waals surface area contributed by atoms with E-state index in [4.69, 9.17) is 4.42 Å². The Morgan fingerprint density at radius 1 is 0.760 bits per heavy atom. The average Bonchev–Trinajstić information content (AvgIpc) is 2.80. The molecule has 0 unspecified atom stereocenters. The van der Waals surface area contributed by atoms with Crippen LogP contribution >= 0.6 is 0 Å². The molecule has 0 aliphatic carbocycles. The zero-order chi connectivity index (χ0) is 17.0. The third-order valence-corrected chi connectivity index (χ3v) is 4.79. The summed E-state index contributed by atoms with van der Waals surface area (Å²) in [5, 5.41) is 18.7. The first-order valence-corrected chi connectivity index (χ1v) is 8.04. The van der Waals surface area contributed by atoms with Crippen molar-refractivity contribution in [3.8, 4) is 0 Å². The van der Waals surface area contributed by atoms with E-state index in [1.807, 2.05) is 36.4 Å². The molecule has 5 aromatic rings. The maximum Gasteiger partial charge on any atom is 0.518 e. The lowest BCUT2D eigenvalue weighted by molar-refractivity contribution is 0.588. The van der Waals surface area contributed by atoms with Crippen LogP contribution < -0.4 is 5.46 Å². The number of nitrogens with zero attached hydrogens (tertiary/aromatic N) is 1. The first kappa shape index (κ1) is 14.2. The summed E-state index contributed by atoms with van der Waals surface area (Å²) in [6.45, 7) is 0. The van der Waals surface area contributed by atoms with E-state index in [1.54, 1.807) is 12.1 Å². The minimum absolute atomic E-state index is 0.484. The number of nitroso groups, excluding NO2 is 1. The Hall–Kier alpha value is -3.18. The zero-order valence-corrected chi connectivity index (χ0v) is 13.1. The van der Waals surface area contributed by atoms with Crippen LogP contribution in [-0.4, -0.2) is 12.1 Å². The van der Waals surface area contributed by atoms with Crippen LogP contribution in [0.3, 0.4) is 0 Å². The average molecular weight is 325 g/mol. The molecule has 1 aromatic heterocycles. The summed E-state index contributed by atoms with van der Waals surface area (Å²) >= 11 is 0. The van der Waals surface area contributed by atoms with Gasteiger partial charge in [-0.1, -0.05) is 59.7 Å². The largest absolute Gasteiger partial charge is 0.518 e. The molecule has 1 N–H and O–H groups in total. The van der Waals surface area contributed by atoms with Gasteiger partial charge in [-0.05, 0) is 39.1 Å². The Bertz CT molecular complexity index is 1290. The summed E-state index contributed by atoms with van der Waals surface area (Å²) in [4.78, 5) is 10.9. The molecule has 0 radical (unpaired) electrons. The van der Waals surface area contributed by atoms with Gasteiger partial charge in [-0.15, -0.1) is 0 Å². The van der Waals surface area contributed by atoms with Gasteiger partial charge in [-0.2, -0.15) is 4.91 Å². The first-order valence-electron chi connectivity index (χ1n) is 8.04. The molecule has 0 bridgehead atoms. The van der Waals surface area contributed by atoms with E-state index >= 15 is 0 Å². The summed E-state index contributed by atoms with van der Waals surface area (Å²) < 4.78 is 6.22. The number of hydrogen-bond acceptors (Lipinski definition) is 4. The highest BCUT2D eigenvalue weighted by Gasteiger charge is 2.21. The van der Waals surface area contributed by atoms with Gasteiger partial charge in [0.1, 0.15) is 11.2 Å². The van der Waals surface area contributed by atoms with Crippen LogP contribution in [-0.2, 0) is 0 Å². The summed E-state index contributed by atoms with van der Waals surface area (Å²) in [6.07, 6.45) is 0. The van der Waals surface area contributed by atoms with Gasteiger partial charge < -0.3 is 9.44 Å². The van der Waals surface area contributed by atoms with Crippen molar-refractivity contribution in [3.05, 3.63) is 71.6 Å². The summed E-state index contributed by atoms with van der Waals surface area (Å²) in [6, 6.07) is 21.5. The Morgan fingerprint density at radius 2 is 1.40 bits per heavy atom. The van der Waals surface area contributed by atoms with Crippen LogP contribution in [0.15, 0.2) is 76.2 Å². The van der Waals surface area contributed by atoms with Gasteiger partial charge in [0.2, 0.25) is 0 Å². The molecule has 118 valence electrons. The van der Waals surface area contributed by atoms with Gasteiger partial charge in [-0.25, -0.2) is 0 Å². The second-order valence-corrected chi connectivity index (χ2v) is 6.12. The topological polar surface area (TPSA) is 62.8 Å². The van der Waals surface area contributed by atoms with Crippen molar-refractivity contribution < 1.29 is 9.44 Å². The fraction of sp³-hybridized carbons (Fsp3) is 0. The van der Waals surface area contributed by atoms with Crippen molar-refractivity contribution in [1.82, 2.24) is 0 Å². The van der Waals surface area contributed by atoms with E-state index < -0.39 is 7.05 Å². The quantitative estimate of drug-likeness (QED) is 0.388. The number of hydrogen-bond donors (Lipinski definition) is 1. The first-order chi connectivity index (χ1) is 12.3. The summed E-state index contributed by atoms with van der Waals surface area (Å²) in [5.74, 6) is 0. The molecule has 0 atom stereocenters. The van der Waals surface area contributed by atoms with Crippen LogP contribution in [0.25, 0.3) is 43.5 Å². The molecule has 5 rings (SSSR count). The molecule has 4 nitrogen and oxygen atoms in total. The van der Waals surface area contributed by atoms with Crippen molar-refractivity contribution in [3.63, 3.8) is 0 Å². The summed E-state index contributed by atoms with van der Waals surface area (Å²) in [7, 11) is -1.40. The highest BCUT2D eigenvalue weighted by atomic mass is 16.3. The predicted molar refractivity (Wildman–Crippen MR) is 102 cm³/mol. The molecule has 0 amide bonds. The van der Waals surface area contributed by atoms with Crippen molar-refractivity contribution >= 4 is 56.0 Å². The van der Waals surface area contributed by atoms with E-state index in [2.05, 4.69) is 23.3 Å². The lowest BCUT2D eigenvalue weighted by Crippen LogP contribution is -2.28. The molecule has 1 heterocycles. The Balaban J connectivity index is 2.14. The monoisotopic (exact) mass is 325 g/mol. The van der Waals surface area contributed by atoms with Crippen LogP contribution in [0.4, 0.5) is 0 Å². The fourth-order valence-electron chi connectivity index (χ4n) is 3.72. The van der Waals surface area contributed by atoms with E-state index in [9.17, 15) is 9.93 Å². The van der Waals surface area contributed by atoms with Crippen LogP contribution in [0.2, 0.25) is 0 Å². The van der Waals surface area contributed by atoms with Crippen LogP contribution in [0, 0.1) is 4.91 Å². The van der Waals surface area contributed by atoms with Crippen LogP contribution in [0.5, 0.6) is 0 Å². The molecule has 25 heavy (non-hydrogen) atoms. The maximum absolute atomic E-state index is 10.9. The molecule has 0 spiro atoms. The number of benzene rings is 4. The van der Waals surface area contributed by atoms with Crippen molar-refractivity contribution in [2.24, 2.45) is 5.09 Å². The molecule has 4 aromatic carbocycles. The van der Waals surface area contributed by atoms with Gasteiger partial charge in [0, 0.05) is 10.8 Å². The van der Waals surface area contributed by atoms with Crippen LogP contribution in [0.1, 0.15) is 0 Å². The number of fused-ring (bicyclic) bond motifs is 1. The molecular weight excluding hydrogens is 313 g/mol. The molecule has 0 saturated heterocycles. The zero-order valence-electron chi connectivity index (χ0n) is 13.1. The summed E-state index contributed by atoms with van der Waals surface area (Å²) in [5.41, 5.74) is 1.99. The van der Waals surface area contributed by atoms with E-state index in [1.165, 1.54) is 0 Å². The smallest absolute Gasteiger partial charge is 0.456 e. The molecule has 5 heteroatoms. The minimum atomic E-state index is -1.40. The maximum atomic E-state index is 10.9. The van der Waals surface area contributed by atoms with Gasteiger partial charge >= 0.3 is 7.05 Å². The normalized spacial score (nSPS) is 11.6. The second kappa shape index (κ2) is 5.16. The molecule has 0 aliphatic heterocycles. The highest BCUT2D eigenvalue weighted by molar-refractivity contribution is 6.67. The molecular formula is C20H12BNO3. The van der Waals surface area contributed by atoms with Crippen molar-refractivity contribution in [2.45, 2.75) is 0 Å². The minimum Gasteiger partial charge on any atom is -0.456 e. The highest BCUT2D eigenvalue weighted by Crippen LogP contribution is 2.35. The van der Waals surface area contributed by atoms with Gasteiger partial charge in [0.15, 0.2) is 0 Å². The molecule has 0 saturated carbocycles. The third kappa shape index (κ3) is 1.93. The lowest BCUT2D eigenvalue weighted by Gasteiger charge is -2.07. The van der Waals surface area contributed by atoms with Gasteiger partial charge in [0.05, 0.1) is 0 Å². The van der Waals surface area contributed by atoms with E-state index in [0.29, 0.717) is 11.0 Å². The SMILES string of the molecule is O=NB(O)c1ccc2oc3cccc4cccc(c5cccc1c25)c43. The Morgan fingerprint density at radius 3 is 2.20 bits per heavy atom. The third-order valence-electron chi connectivity index (χ3n) is 4.79. The lowest BCUT2D eigenvalue weighted by atomic mass is 9.73. The van der Waals surface area contributed by atoms with E-state index in [-0.39, 0.29) is 0 Å². The van der Waals surface area contributed by atoms with E-state index in [0.717, 1.165) is 37.9 Å².